The molecule has 0 aliphatic carbocycles. The van der Waals surface area contributed by atoms with Crippen molar-refractivity contribution in [3.8, 4) is 22.6 Å². The van der Waals surface area contributed by atoms with E-state index in [4.69, 9.17) is 9.47 Å². The highest BCUT2D eigenvalue weighted by molar-refractivity contribution is 7.16. The van der Waals surface area contributed by atoms with Gasteiger partial charge in [-0.15, -0.1) is 13.2 Å². The number of hydrogen-bond acceptors (Lipinski definition) is 6. The van der Waals surface area contributed by atoms with Crippen molar-refractivity contribution in [2.24, 2.45) is 0 Å². The fourth-order valence-corrected chi connectivity index (χ4v) is 4.22. The van der Waals surface area contributed by atoms with Crippen LogP contribution in [0.3, 0.4) is 0 Å². The number of hydrogen-bond donors (Lipinski definition) is 0. The largest absolute Gasteiger partial charge is 0.573 e. The topological polar surface area (TPSA) is 61.8 Å². The molecule has 0 aliphatic heterocycles. The average Bonchev–Trinajstić information content (AvgIpc) is 2.78. The van der Waals surface area contributed by atoms with Gasteiger partial charge in [0.2, 0.25) is 11.5 Å². The minimum atomic E-state index is -4.89. The first kappa shape index (κ1) is 25.3. The number of carbonyl (C=O) groups excluding carboxylic acids is 1. The maximum Gasteiger partial charge on any atom is 0.573 e. The van der Waals surface area contributed by atoms with Crippen LogP contribution in [0.4, 0.5) is 13.2 Å². The Kier molecular flexibility index (Phi) is 8.33. The van der Waals surface area contributed by atoms with Crippen LogP contribution in [0.2, 0.25) is 0 Å². The molecule has 0 saturated heterocycles. The summed E-state index contributed by atoms with van der Waals surface area (Å²) in [7, 11) is 0. The lowest BCUT2D eigenvalue weighted by molar-refractivity contribution is -0.274. The number of unbranched alkanes of at least 4 members (excludes halogenated alkanes) is 2. The second kappa shape index (κ2) is 11.2. The first-order valence-electron chi connectivity index (χ1n) is 10.6. The lowest BCUT2D eigenvalue weighted by Crippen LogP contribution is -2.18. The van der Waals surface area contributed by atoms with E-state index in [-0.39, 0.29) is 17.9 Å². The van der Waals surface area contributed by atoms with E-state index in [0.717, 1.165) is 36.7 Å². The molecular formula is C25H23F3O5S. The molecule has 0 N–H and O–H groups in total. The van der Waals surface area contributed by atoms with E-state index >= 15 is 0 Å². The molecule has 9 heteroatoms. The molecule has 3 rings (SSSR count). The van der Waals surface area contributed by atoms with Crippen LogP contribution in [0.1, 0.15) is 31.7 Å². The fourth-order valence-electron chi connectivity index (χ4n) is 3.32. The van der Waals surface area contributed by atoms with Crippen LogP contribution in [0.15, 0.2) is 59.9 Å². The Morgan fingerprint density at radius 1 is 1.09 bits per heavy atom. The summed E-state index contributed by atoms with van der Waals surface area (Å²) in [6, 6.07) is 11.0. The summed E-state index contributed by atoms with van der Waals surface area (Å²) in [4.78, 5) is 24.0. The molecule has 0 aliphatic rings. The number of aryl methyl sites for hydroxylation is 1. The predicted molar refractivity (Wildman–Crippen MR) is 125 cm³/mol. The van der Waals surface area contributed by atoms with Gasteiger partial charge >= 0.3 is 12.3 Å². The van der Waals surface area contributed by atoms with Crippen LogP contribution in [-0.2, 0) is 16.0 Å². The van der Waals surface area contributed by atoms with Gasteiger partial charge in [-0.05, 0) is 54.1 Å². The summed E-state index contributed by atoms with van der Waals surface area (Å²) in [5.41, 5.74) is 0.911. The Hall–Kier alpha value is -3.33. The third kappa shape index (κ3) is 6.84. The van der Waals surface area contributed by atoms with Crippen molar-refractivity contribution in [2.75, 3.05) is 6.79 Å². The normalized spacial score (nSPS) is 11.3. The molecule has 0 bridgehead atoms. The highest BCUT2D eigenvalue weighted by Gasteiger charge is 2.32. The van der Waals surface area contributed by atoms with Gasteiger partial charge in [0, 0.05) is 21.9 Å². The molecule has 0 atom stereocenters. The van der Waals surface area contributed by atoms with Crippen LogP contribution in [-0.4, -0.2) is 19.1 Å². The molecule has 3 aromatic rings. The van der Waals surface area contributed by atoms with E-state index < -0.39 is 22.8 Å². The number of fused-ring (bicyclic) bond motifs is 1. The quantitative estimate of drug-likeness (QED) is 0.138. The molecule has 0 spiro atoms. The van der Waals surface area contributed by atoms with Gasteiger partial charge in [-0.2, -0.15) is 0 Å². The molecule has 0 saturated carbocycles. The molecule has 34 heavy (non-hydrogen) atoms. The predicted octanol–water partition coefficient (Wildman–Crippen LogP) is 6.63. The Morgan fingerprint density at radius 2 is 1.88 bits per heavy atom. The smallest absolute Gasteiger partial charge is 0.457 e. The lowest BCUT2D eigenvalue weighted by Gasteiger charge is -2.15. The summed E-state index contributed by atoms with van der Waals surface area (Å²) in [5, 5.41) is 0.639. The first-order chi connectivity index (χ1) is 16.2. The summed E-state index contributed by atoms with van der Waals surface area (Å²) in [5.74, 6) is -0.664. The summed E-state index contributed by atoms with van der Waals surface area (Å²) in [6.07, 6.45) is -0.445. The second-order valence-electron chi connectivity index (χ2n) is 7.41. The number of carbonyl (C=O) groups is 1. The van der Waals surface area contributed by atoms with Crippen LogP contribution in [0.5, 0.6) is 11.5 Å². The van der Waals surface area contributed by atoms with Crippen molar-refractivity contribution in [2.45, 2.75) is 39.0 Å². The van der Waals surface area contributed by atoms with Gasteiger partial charge in [0.1, 0.15) is 11.5 Å². The lowest BCUT2D eigenvalue weighted by atomic mass is 10.0. The molecule has 1 aromatic heterocycles. The second-order valence-corrected chi connectivity index (χ2v) is 8.43. The zero-order chi connectivity index (χ0) is 24.7. The Labute approximate surface area is 198 Å². The highest BCUT2D eigenvalue weighted by atomic mass is 32.1. The molecule has 180 valence electrons. The van der Waals surface area contributed by atoms with Crippen molar-refractivity contribution in [3.05, 3.63) is 70.2 Å². The van der Waals surface area contributed by atoms with Gasteiger partial charge in [0.25, 0.3) is 0 Å². The zero-order valence-corrected chi connectivity index (χ0v) is 19.3. The van der Waals surface area contributed by atoms with E-state index in [0.29, 0.717) is 27.8 Å². The summed E-state index contributed by atoms with van der Waals surface area (Å²) in [6.45, 7) is 5.00. The SMILES string of the molecule is C=CC(=O)OCOc1ccc2cc(-c3ccc(CCCCC)cc3OC(F)(F)F)c(=O)sc2c1. The molecule has 0 fully saturated rings. The number of halogens is 3. The highest BCUT2D eigenvalue weighted by Crippen LogP contribution is 2.36. The van der Waals surface area contributed by atoms with Gasteiger partial charge in [-0.3, -0.25) is 4.79 Å². The zero-order valence-electron chi connectivity index (χ0n) is 18.4. The molecule has 5 nitrogen and oxygen atoms in total. The van der Waals surface area contributed by atoms with Crippen molar-refractivity contribution in [1.29, 1.82) is 0 Å². The molecular weight excluding hydrogens is 469 g/mol. The van der Waals surface area contributed by atoms with Crippen molar-refractivity contribution < 1.29 is 32.2 Å². The summed E-state index contributed by atoms with van der Waals surface area (Å²) < 4.78 is 53.8. The van der Waals surface area contributed by atoms with Gasteiger partial charge in [0.15, 0.2) is 0 Å². The Morgan fingerprint density at radius 3 is 2.59 bits per heavy atom. The van der Waals surface area contributed by atoms with Crippen molar-refractivity contribution >= 4 is 27.4 Å². The van der Waals surface area contributed by atoms with E-state index in [1.165, 1.54) is 18.2 Å². The molecule has 2 aromatic carbocycles. The van der Waals surface area contributed by atoms with E-state index in [2.05, 4.69) is 11.3 Å². The van der Waals surface area contributed by atoms with E-state index in [1.807, 2.05) is 6.92 Å². The Balaban J connectivity index is 1.94. The standard InChI is InChI=1S/C25H23F3O5S/c1-3-5-6-7-16-8-11-19(21(12-16)33-25(26,27)28)20-13-17-9-10-18(14-22(17)34-24(20)30)31-15-32-23(29)4-2/h4,8-14H,2-3,5-7,15H2,1H3. The number of benzene rings is 2. The number of esters is 1. The van der Waals surface area contributed by atoms with E-state index in [1.54, 1.807) is 24.3 Å². The van der Waals surface area contributed by atoms with Crippen molar-refractivity contribution in [3.63, 3.8) is 0 Å². The maximum atomic E-state index is 13.1. The van der Waals surface area contributed by atoms with Gasteiger partial charge < -0.3 is 14.2 Å². The van der Waals surface area contributed by atoms with Crippen LogP contribution in [0, 0.1) is 0 Å². The Bertz CT molecular complexity index is 1230. The molecule has 0 unspecified atom stereocenters. The van der Waals surface area contributed by atoms with Crippen LogP contribution in [0.25, 0.3) is 21.2 Å². The minimum absolute atomic E-state index is 0.0800. The van der Waals surface area contributed by atoms with Gasteiger partial charge in [-0.1, -0.05) is 49.8 Å². The van der Waals surface area contributed by atoms with Crippen LogP contribution < -0.4 is 14.2 Å². The van der Waals surface area contributed by atoms with Gasteiger partial charge in [0.05, 0.1) is 0 Å². The first-order valence-corrected chi connectivity index (χ1v) is 11.4. The molecule has 0 radical (unpaired) electrons. The average molecular weight is 493 g/mol. The minimum Gasteiger partial charge on any atom is -0.457 e. The number of alkyl halides is 3. The van der Waals surface area contributed by atoms with Crippen molar-refractivity contribution in [1.82, 2.24) is 0 Å². The summed E-state index contributed by atoms with van der Waals surface area (Å²) >= 11 is 0.873. The third-order valence-electron chi connectivity index (χ3n) is 4.93. The number of rotatable bonds is 10. The maximum absolute atomic E-state index is 13.1. The van der Waals surface area contributed by atoms with E-state index in [9.17, 15) is 22.8 Å². The molecule has 0 amide bonds. The molecule has 1 heterocycles. The fraction of sp³-hybridized carbons (Fsp3) is 0.280. The number of ether oxygens (including phenoxy) is 3. The monoisotopic (exact) mass is 492 g/mol. The third-order valence-corrected chi connectivity index (χ3v) is 5.91. The van der Waals surface area contributed by atoms with Crippen LogP contribution >= 0.6 is 11.3 Å². The van der Waals surface area contributed by atoms with Gasteiger partial charge in [-0.25, -0.2) is 4.79 Å².